The SMILES string of the molecule is COC(=O)c1ccc(CNCc2cnc(C)cn2)cc1. The molecule has 0 saturated carbocycles. The molecule has 5 nitrogen and oxygen atoms in total. The smallest absolute Gasteiger partial charge is 0.337 e. The molecule has 1 N–H and O–H groups in total. The van der Waals surface area contributed by atoms with E-state index in [0.29, 0.717) is 18.7 Å². The van der Waals surface area contributed by atoms with Crippen LogP contribution in [-0.2, 0) is 17.8 Å². The van der Waals surface area contributed by atoms with E-state index in [1.165, 1.54) is 7.11 Å². The molecular weight excluding hydrogens is 254 g/mol. The number of nitrogens with zero attached hydrogens (tertiary/aromatic N) is 2. The van der Waals surface area contributed by atoms with Gasteiger partial charge >= 0.3 is 5.97 Å². The fraction of sp³-hybridized carbons (Fsp3) is 0.267. The fourth-order valence-electron chi connectivity index (χ4n) is 1.72. The van der Waals surface area contributed by atoms with Gasteiger partial charge in [-0.1, -0.05) is 12.1 Å². The monoisotopic (exact) mass is 271 g/mol. The zero-order valence-electron chi connectivity index (χ0n) is 11.6. The Morgan fingerprint density at radius 3 is 2.50 bits per heavy atom. The van der Waals surface area contributed by atoms with Gasteiger partial charge in [-0.2, -0.15) is 0 Å². The fourth-order valence-corrected chi connectivity index (χ4v) is 1.72. The molecule has 2 aromatic rings. The first-order valence-electron chi connectivity index (χ1n) is 6.34. The molecule has 1 heterocycles. The Labute approximate surface area is 118 Å². The summed E-state index contributed by atoms with van der Waals surface area (Å²) in [6, 6.07) is 7.32. The highest BCUT2D eigenvalue weighted by molar-refractivity contribution is 5.89. The van der Waals surface area contributed by atoms with Gasteiger partial charge in [-0.15, -0.1) is 0 Å². The number of carbonyl (C=O) groups excluding carboxylic acids is 1. The van der Waals surface area contributed by atoms with Gasteiger partial charge in [0.2, 0.25) is 0 Å². The minimum atomic E-state index is -0.320. The first-order chi connectivity index (χ1) is 9.69. The first kappa shape index (κ1) is 14.1. The molecule has 104 valence electrons. The molecule has 1 aromatic carbocycles. The number of methoxy groups -OCH3 is 1. The van der Waals surface area contributed by atoms with E-state index in [2.05, 4.69) is 20.0 Å². The van der Waals surface area contributed by atoms with Crippen molar-refractivity contribution in [2.45, 2.75) is 20.0 Å². The maximum absolute atomic E-state index is 11.3. The summed E-state index contributed by atoms with van der Waals surface area (Å²) >= 11 is 0. The molecule has 0 atom stereocenters. The van der Waals surface area contributed by atoms with Crippen LogP contribution in [0.25, 0.3) is 0 Å². The van der Waals surface area contributed by atoms with Crippen molar-refractivity contribution in [1.29, 1.82) is 0 Å². The van der Waals surface area contributed by atoms with E-state index in [1.807, 2.05) is 19.1 Å². The second kappa shape index (κ2) is 6.77. The molecule has 0 aliphatic carbocycles. The third-order valence-electron chi connectivity index (χ3n) is 2.84. The number of aromatic nitrogens is 2. The molecule has 0 spiro atoms. The van der Waals surface area contributed by atoms with Crippen molar-refractivity contribution < 1.29 is 9.53 Å². The summed E-state index contributed by atoms with van der Waals surface area (Å²) in [5.74, 6) is -0.320. The zero-order chi connectivity index (χ0) is 14.4. The van der Waals surface area contributed by atoms with Crippen LogP contribution >= 0.6 is 0 Å². The van der Waals surface area contributed by atoms with Gasteiger partial charge < -0.3 is 10.1 Å². The van der Waals surface area contributed by atoms with Crippen molar-refractivity contribution in [3.05, 3.63) is 59.2 Å². The number of rotatable bonds is 5. The molecule has 0 aliphatic rings. The number of benzene rings is 1. The van der Waals surface area contributed by atoms with Crippen LogP contribution < -0.4 is 5.32 Å². The summed E-state index contributed by atoms with van der Waals surface area (Å²) in [5.41, 5.74) is 3.47. The van der Waals surface area contributed by atoms with Gasteiger partial charge in [-0.25, -0.2) is 4.79 Å². The molecule has 0 saturated heterocycles. The van der Waals surface area contributed by atoms with Gasteiger partial charge in [0.15, 0.2) is 0 Å². The van der Waals surface area contributed by atoms with Crippen molar-refractivity contribution in [3.63, 3.8) is 0 Å². The summed E-state index contributed by atoms with van der Waals surface area (Å²) in [6.45, 7) is 3.27. The molecule has 0 unspecified atom stereocenters. The van der Waals surface area contributed by atoms with Gasteiger partial charge in [-0.05, 0) is 24.6 Å². The second-order valence-electron chi connectivity index (χ2n) is 4.44. The minimum absolute atomic E-state index is 0.320. The predicted molar refractivity (Wildman–Crippen MR) is 75.1 cm³/mol. The van der Waals surface area contributed by atoms with Gasteiger partial charge in [-0.3, -0.25) is 9.97 Å². The lowest BCUT2D eigenvalue weighted by molar-refractivity contribution is 0.0600. The van der Waals surface area contributed by atoms with Gasteiger partial charge in [0.1, 0.15) is 0 Å². The van der Waals surface area contributed by atoms with Crippen molar-refractivity contribution in [1.82, 2.24) is 15.3 Å². The van der Waals surface area contributed by atoms with Crippen LogP contribution in [-0.4, -0.2) is 23.0 Å². The molecule has 0 fully saturated rings. The first-order valence-corrected chi connectivity index (χ1v) is 6.34. The number of hydrogen-bond acceptors (Lipinski definition) is 5. The molecule has 20 heavy (non-hydrogen) atoms. The van der Waals surface area contributed by atoms with Crippen LogP contribution in [0.3, 0.4) is 0 Å². The van der Waals surface area contributed by atoms with Gasteiger partial charge in [0, 0.05) is 25.5 Å². The molecule has 0 amide bonds. The quantitative estimate of drug-likeness (QED) is 0.841. The highest BCUT2D eigenvalue weighted by Gasteiger charge is 2.04. The Morgan fingerprint density at radius 2 is 1.90 bits per heavy atom. The standard InChI is InChI=1S/C15H17N3O2/c1-11-7-18-14(10-17-11)9-16-8-12-3-5-13(6-4-12)15(19)20-2/h3-7,10,16H,8-9H2,1-2H3. The number of nitrogens with one attached hydrogen (secondary N) is 1. The van der Waals surface area contributed by atoms with Crippen LogP contribution in [0.5, 0.6) is 0 Å². The van der Waals surface area contributed by atoms with Gasteiger partial charge in [0.25, 0.3) is 0 Å². The molecule has 0 bridgehead atoms. The number of ether oxygens (including phenoxy) is 1. The van der Waals surface area contributed by atoms with E-state index in [-0.39, 0.29) is 5.97 Å². The molecule has 5 heteroatoms. The third kappa shape index (κ3) is 3.86. The van der Waals surface area contributed by atoms with Gasteiger partial charge in [0.05, 0.1) is 24.1 Å². The summed E-state index contributed by atoms with van der Waals surface area (Å²) in [7, 11) is 1.38. The molecule has 0 radical (unpaired) electrons. The van der Waals surface area contributed by atoms with Crippen molar-refractivity contribution in [2.24, 2.45) is 0 Å². The lowest BCUT2D eigenvalue weighted by Gasteiger charge is -2.05. The Morgan fingerprint density at radius 1 is 1.15 bits per heavy atom. The molecule has 1 aromatic heterocycles. The number of hydrogen-bond donors (Lipinski definition) is 1. The Balaban J connectivity index is 1.85. The number of esters is 1. The largest absolute Gasteiger partial charge is 0.465 e. The zero-order valence-corrected chi connectivity index (χ0v) is 11.6. The van der Waals surface area contributed by atoms with Crippen LogP contribution in [0.4, 0.5) is 0 Å². The van der Waals surface area contributed by atoms with E-state index in [4.69, 9.17) is 0 Å². The van der Waals surface area contributed by atoms with E-state index >= 15 is 0 Å². The third-order valence-corrected chi connectivity index (χ3v) is 2.84. The second-order valence-corrected chi connectivity index (χ2v) is 4.44. The molecule has 2 rings (SSSR count). The Bertz CT molecular complexity index is 565. The van der Waals surface area contributed by atoms with Crippen LogP contribution in [0.15, 0.2) is 36.7 Å². The summed E-state index contributed by atoms with van der Waals surface area (Å²) < 4.78 is 4.65. The Kier molecular flexibility index (Phi) is 4.79. The average molecular weight is 271 g/mol. The number of carbonyl (C=O) groups is 1. The molecule has 0 aliphatic heterocycles. The summed E-state index contributed by atoms with van der Waals surface area (Å²) in [6.07, 6.45) is 3.52. The van der Waals surface area contributed by atoms with E-state index < -0.39 is 0 Å². The maximum atomic E-state index is 11.3. The highest BCUT2D eigenvalue weighted by atomic mass is 16.5. The predicted octanol–water partition coefficient (Wildman–Crippen LogP) is 1.86. The van der Waals surface area contributed by atoms with Crippen LogP contribution in [0.2, 0.25) is 0 Å². The Hall–Kier alpha value is -2.27. The van der Waals surface area contributed by atoms with Crippen molar-refractivity contribution in [2.75, 3.05) is 7.11 Å². The lowest BCUT2D eigenvalue weighted by Crippen LogP contribution is -2.14. The van der Waals surface area contributed by atoms with Crippen molar-refractivity contribution >= 4 is 5.97 Å². The van der Waals surface area contributed by atoms with E-state index in [9.17, 15) is 4.79 Å². The normalized spacial score (nSPS) is 10.3. The van der Waals surface area contributed by atoms with Crippen LogP contribution in [0.1, 0.15) is 27.3 Å². The van der Waals surface area contributed by atoms with E-state index in [1.54, 1.807) is 24.5 Å². The maximum Gasteiger partial charge on any atom is 0.337 e. The average Bonchev–Trinajstić information content (AvgIpc) is 2.49. The summed E-state index contributed by atoms with van der Waals surface area (Å²) in [5, 5.41) is 3.28. The highest BCUT2D eigenvalue weighted by Crippen LogP contribution is 2.06. The lowest BCUT2D eigenvalue weighted by atomic mass is 10.1. The number of aryl methyl sites for hydroxylation is 1. The van der Waals surface area contributed by atoms with Crippen LogP contribution in [0, 0.1) is 6.92 Å². The topological polar surface area (TPSA) is 64.1 Å². The van der Waals surface area contributed by atoms with E-state index in [0.717, 1.165) is 17.0 Å². The van der Waals surface area contributed by atoms with Crippen molar-refractivity contribution in [3.8, 4) is 0 Å². The molecular formula is C15H17N3O2. The summed E-state index contributed by atoms with van der Waals surface area (Å²) in [4.78, 5) is 19.8. The minimum Gasteiger partial charge on any atom is -0.465 e.